The number of carbonyl (C=O) groups is 2. The van der Waals surface area contributed by atoms with Crippen molar-refractivity contribution in [2.45, 2.75) is 26.1 Å². The molecule has 0 saturated carbocycles. The number of aliphatic hydroxyl groups excluding tert-OH is 2. The number of aliphatic hydroxyl groups is 2. The molecule has 0 aromatic heterocycles. The van der Waals surface area contributed by atoms with Gasteiger partial charge in [-0.1, -0.05) is 22.0 Å². The number of methoxy groups -OCH3 is 1. The first-order chi connectivity index (χ1) is 10.4. The van der Waals surface area contributed by atoms with Crippen LogP contribution in [0.1, 0.15) is 29.5 Å². The summed E-state index contributed by atoms with van der Waals surface area (Å²) in [5.74, 6) is -1.58. The average molecular weight is 373 g/mol. The van der Waals surface area contributed by atoms with Gasteiger partial charge in [0.25, 0.3) is 0 Å². The van der Waals surface area contributed by atoms with E-state index in [1.54, 1.807) is 18.2 Å². The van der Waals surface area contributed by atoms with Crippen molar-refractivity contribution in [3.63, 3.8) is 0 Å². The number of benzene rings is 1. The summed E-state index contributed by atoms with van der Waals surface area (Å²) in [6.45, 7) is -0.474. The van der Waals surface area contributed by atoms with Crippen molar-refractivity contribution < 1.29 is 29.6 Å². The van der Waals surface area contributed by atoms with Crippen LogP contribution < -0.4 is 0 Å². The van der Waals surface area contributed by atoms with Crippen molar-refractivity contribution in [3.8, 4) is 0 Å². The molecule has 0 fully saturated rings. The van der Waals surface area contributed by atoms with Crippen LogP contribution in [0.15, 0.2) is 22.2 Å². The minimum Gasteiger partial charge on any atom is -0.481 e. The van der Waals surface area contributed by atoms with E-state index in [1.165, 1.54) is 7.11 Å². The molecule has 1 rings (SSSR count). The lowest BCUT2D eigenvalue weighted by molar-refractivity contribution is -0.139. The van der Waals surface area contributed by atoms with Crippen LogP contribution in [-0.2, 0) is 27.5 Å². The Balaban J connectivity index is 3.23. The van der Waals surface area contributed by atoms with E-state index in [9.17, 15) is 19.8 Å². The molecule has 6 nitrogen and oxygen atoms in total. The number of esters is 1. The number of hydrogen-bond donors (Lipinski definition) is 3. The molecule has 0 unspecified atom stereocenters. The molecule has 0 heterocycles. The molecule has 0 atom stereocenters. The quantitative estimate of drug-likeness (QED) is 0.631. The molecule has 7 heteroatoms. The molecule has 0 radical (unpaired) electrons. The molecular formula is C15H17BrO6. The van der Waals surface area contributed by atoms with Gasteiger partial charge in [-0.3, -0.25) is 9.59 Å². The lowest BCUT2D eigenvalue weighted by Gasteiger charge is -2.10. The Labute approximate surface area is 136 Å². The summed E-state index contributed by atoms with van der Waals surface area (Å²) in [7, 11) is 1.23. The highest BCUT2D eigenvalue weighted by molar-refractivity contribution is 9.10. The SMILES string of the molecule is COC(=O)C/C(=C/c1cc(CO)c(CO)cc1Br)CC(=O)O. The van der Waals surface area contributed by atoms with E-state index in [2.05, 4.69) is 20.7 Å². The van der Waals surface area contributed by atoms with E-state index in [0.717, 1.165) is 0 Å². The third-order valence-electron chi connectivity index (χ3n) is 3.00. The second-order valence-corrected chi connectivity index (χ2v) is 5.44. The van der Waals surface area contributed by atoms with Crippen LogP contribution in [0.25, 0.3) is 6.08 Å². The second-order valence-electron chi connectivity index (χ2n) is 4.58. The maximum absolute atomic E-state index is 11.4. The van der Waals surface area contributed by atoms with Gasteiger partial charge in [-0.15, -0.1) is 0 Å². The molecule has 3 N–H and O–H groups in total. The number of halogens is 1. The highest BCUT2D eigenvalue weighted by Gasteiger charge is 2.12. The predicted molar refractivity (Wildman–Crippen MR) is 82.9 cm³/mol. The van der Waals surface area contributed by atoms with Crippen LogP contribution in [0.2, 0.25) is 0 Å². The third-order valence-corrected chi connectivity index (χ3v) is 3.68. The van der Waals surface area contributed by atoms with Gasteiger partial charge in [0.05, 0.1) is 33.2 Å². The summed E-state index contributed by atoms with van der Waals surface area (Å²) < 4.78 is 5.18. The van der Waals surface area contributed by atoms with Crippen molar-refractivity contribution in [1.82, 2.24) is 0 Å². The number of carboxylic acids is 1. The first-order valence-electron chi connectivity index (χ1n) is 6.42. The Kier molecular flexibility index (Phi) is 7.23. The van der Waals surface area contributed by atoms with Crippen molar-refractivity contribution in [2.24, 2.45) is 0 Å². The Morgan fingerprint density at radius 1 is 1.18 bits per heavy atom. The minimum absolute atomic E-state index is 0.133. The van der Waals surface area contributed by atoms with Gasteiger partial charge >= 0.3 is 11.9 Å². The van der Waals surface area contributed by atoms with Gasteiger partial charge < -0.3 is 20.1 Å². The first-order valence-corrected chi connectivity index (χ1v) is 7.21. The lowest BCUT2D eigenvalue weighted by Crippen LogP contribution is -2.06. The van der Waals surface area contributed by atoms with Gasteiger partial charge in [0.2, 0.25) is 0 Å². The molecular weight excluding hydrogens is 356 g/mol. The monoisotopic (exact) mass is 372 g/mol. The van der Waals surface area contributed by atoms with Gasteiger partial charge in [-0.05, 0) is 34.4 Å². The average Bonchev–Trinajstić information content (AvgIpc) is 2.47. The van der Waals surface area contributed by atoms with Crippen molar-refractivity contribution in [1.29, 1.82) is 0 Å². The highest BCUT2D eigenvalue weighted by Crippen LogP contribution is 2.26. The van der Waals surface area contributed by atoms with Crippen LogP contribution in [0.5, 0.6) is 0 Å². The van der Waals surface area contributed by atoms with Gasteiger partial charge in [-0.25, -0.2) is 0 Å². The fourth-order valence-electron chi connectivity index (χ4n) is 1.92. The van der Waals surface area contributed by atoms with E-state index in [-0.39, 0.29) is 26.1 Å². The van der Waals surface area contributed by atoms with E-state index in [4.69, 9.17) is 5.11 Å². The Morgan fingerprint density at radius 2 is 1.77 bits per heavy atom. The summed E-state index contributed by atoms with van der Waals surface area (Å²) in [5.41, 5.74) is 2.09. The molecule has 0 aliphatic carbocycles. The van der Waals surface area contributed by atoms with E-state index < -0.39 is 11.9 Å². The molecule has 0 amide bonds. The second kappa shape index (κ2) is 8.67. The zero-order chi connectivity index (χ0) is 16.7. The molecule has 1 aromatic rings. The van der Waals surface area contributed by atoms with Crippen LogP contribution in [0.3, 0.4) is 0 Å². The maximum Gasteiger partial charge on any atom is 0.309 e. The van der Waals surface area contributed by atoms with Gasteiger partial charge in [-0.2, -0.15) is 0 Å². The van der Waals surface area contributed by atoms with Crippen LogP contribution in [0.4, 0.5) is 0 Å². The summed E-state index contributed by atoms with van der Waals surface area (Å²) in [6.07, 6.45) is 1.14. The smallest absolute Gasteiger partial charge is 0.309 e. The van der Waals surface area contributed by atoms with Gasteiger partial charge in [0.15, 0.2) is 0 Å². The largest absolute Gasteiger partial charge is 0.481 e. The van der Waals surface area contributed by atoms with Crippen LogP contribution in [0, 0.1) is 0 Å². The lowest BCUT2D eigenvalue weighted by atomic mass is 10.0. The van der Waals surface area contributed by atoms with Crippen molar-refractivity contribution >= 4 is 33.9 Å². The van der Waals surface area contributed by atoms with Crippen molar-refractivity contribution in [2.75, 3.05) is 7.11 Å². The molecule has 0 bridgehead atoms. The number of carbonyl (C=O) groups excluding carboxylic acids is 1. The maximum atomic E-state index is 11.4. The highest BCUT2D eigenvalue weighted by atomic mass is 79.9. The fourth-order valence-corrected chi connectivity index (χ4v) is 2.42. The summed E-state index contributed by atoms with van der Waals surface area (Å²) in [4.78, 5) is 22.3. The minimum atomic E-state index is -1.05. The van der Waals surface area contributed by atoms with E-state index in [1.807, 2.05) is 0 Å². The van der Waals surface area contributed by atoms with Crippen molar-refractivity contribution in [3.05, 3.63) is 38.9 Å². The van der Waals surface area contributed by atoms with Crippen LogP contribution in [-0.4, -0.2) is 34.4 Å². The van der Waals surface area contributed by atoms with E-state index >= 15 is 0 Å². The third kappa shape index (κ3) is 5.25. The molecule has 120 valence electrons. The number of hydrogen-bond acceptors (Lipinski definition) is 5. The Hall–Kier alpha value is -1.70. The number of rotatable bonds is 7. The topological polar surface area (TPSA) is 104 Å². The number of carboxylic acid groups (broad SMARTS) is 1. The molecule has 0 spiro atoms. The van der Waals surface area contributed by atoms with Gasteiger partial charge in [0.1, 0.15) is 0 Å². The molecule has 0 aliphatic rings. The standard InChI is InChI=1S/C15H17BrO6/c1-22-15(21)4-9(3-14(19)20)2-10-5-11(7-17)12(8-18)6-13(10)16/h2,5-6,17-18H,3-4,7-8H2,1H3,(H,19,20)/b9-2+. The fraction of sp³-hybridized carbons (Fsp3) is 0.333. The van der Waals surface area contributed by atoms with Crippen LogP contribution >= 0.6 is 15.9 Å². The van der Waals surface area contributed by atoms with E-state index in [0.29, 0.717) is 26.7 Å². The zero-order valence-corrected chi connectivity index (χ0v) is 13.6. The summed E-state index contributed by atoms with van der Waals surface area (Å²) in [5, 5.41) is 27.5. The summed E-state index contributed by atoms with van der Waals surface area (Å²) in [6, 6.07) is 3.28. The predicted octanol–water partition coefficient (Wildman–Crippen LogP) is 1.85. The Morgan fingerprint density at radius 3 is 2.27 bits per heavy atom. The summed E-state index contributed by atoms with van der Waals surface area (Å²) >= 11 is 3.33. The first kappa shape index (κ1) is 18.3. The molecule has 0 saturated heterocycles. The van der Waals surface area contributed by atoms with Gasteiger partial charge in [0, 0.05) is 4.47 Å². The number of ether oxygens (including phenoxy) is 1. The number of aliphatic carboxylic acids is 1. The molecule has 1 aromatic carbocycles. The molecule has 22 heavy (non-hydrogen) atoms. The Bertz CT molecular complexity index is 594. The normalized spacial score (nSPS) is 11.4. The molecule has 0 aliphatic heterocycles. The zero-order valence-electron chi connectivity index (χ0n) is 12.0.